The third kappa shape index (κ3) is 5.60. The van der Waals surface area contributed by atoms with Crippen molar-refractivity contribution in [1.29, 1.82) is 0 Å². The molecule has 0 heterocycles. The van der Waals surface area contributed by atoms with Gasteiger partial charge in [-0.15, -0.1) is 0 Å². The molecular formula is C31H32N4O. The smallest absolute Gasteiger partial charge is 0.0510 e. The van der Waals surface area contributed by atoms with Crippen LogP contribution in [0.4, 0.5) is 0 Å². The van der Waals surface area contributed by atoms with Crippen molar-refractivity contribution in [2.24, 2.45) is 5.11 Å². The lowest BCUT2D eigenvalue weighted by molar-refractivity contribution is 0.128. The number of rotatable bonds is 13. The Labute approximate surface area is 212 Å². The van der Waals surface area contributed by atoms with Gasteiger partial charge in [-0.1, -0.05) is 84.0 Å². The van der Waals surface area contributed by atoms with Gasteiger partial charge in [-0.25, -0.2) is 0 Å². The first-order chi connectivity index (χ1) is 17.8. The molecule has 1 N–H and O–H groups in total. The Balaban J connectivity index is 1.01. The summed E-state index contributed by atoms with van der Waals surface area (Å²) >= 11 is 0. The summed E-state index contributed by atoms with van der Waals surface area (Å²) < 4.78 is 5.88. The second-order valence-electron chi connectivity index (χ2n) is 9.39. The maximum Gasteiger partial charge on any atom is 0.0510 e. The first-order valence-corrected chi connectivity index (χ1v) is 12.9. The Kier molecular flexibility index (Phi) is 7.94. The molecule has 182 valence electrons. The van der Waals surface area contributed by atoms with Gasteiger partial charge in [0.05, 0.1) is 6.54 Å². The second-order valence-corrected chi connectivity index (χ2v) is 9.39. The van der Waals surface area contributed by atoms with Crippen molar-refractivity contribution in [2.45, 2.75) is 38.8 Å². The van der Waals surface area contributed by atoms with E-state index in [4.69, 9.17) is 10.3 Å². The van der Waals surface area contributed by atoms with Crippen molar-refractivity contribution in [1.82, 2.24) is 5.32 Å². The van der Waals surface area contributed by atoms with Crippen molar-refractivity contribution < 1.29 is 4.74 Å². The molecule has 5 nitrogen and oxygen atoms in total. The summed E-state index contributed by atoms with van der Waals surface area (Å²) in [5, 5.41) is 15.2. The van der Waals surface area contributed by atoms with Gasteiger partial charge < -0.3 is 10.1 Å². The zero-order valence-corrected chi connectivity index (χ0v) is 20.6. The largest absolute Gasteiger partial charge is 0.381 e. The lowest BCUT2D eigenvalue weighted by Crippen LogP contribution is -2.16. The molecule has 5 aromatic carbocycles. The van der Waals surface area contributed by atoms with Crippen molar-refractivity contribution in [3.63, 3.8) is 0 Å². The molecule has 0 saturated heterocycles. The maximum absolute atomic E-state index is 8.39. The fourth-order valence-electron chi connectivity index (χ4n) is 5.04. The number of hydrogen-bond acceptors (Lipinski definition) is 3. The molecule has 36 heavy (non-hydrogen) atoms. The molecule has 0 aromatic heterocycles. The van der Waals surface area contributed by atoms with Gasteiger partial charge in [0, 0.05) is 24.7 Å². The fraction of sp³-hybridized carbons (Fsp3) is 0.290. The minimum atomic E-state index is 0.403. The first kappa shape index (κ1) is 24.1. The van der Waals surface area contributed by atoms with Crippen LogP contribution in [0.15, 0.2) is 84.0 Å². The van der Waals surface area contributed by atoms with Crippen LogP contribution >= 0.6 is 0 Å². The van der Waals surface area contributed by atoms with E-state index in [1.165, 1.54) is 43.4 Å². The molecule has 0 aliphatic heterocycles. The zero-order valence-electron chi connectivity index (χ0n) is 20.6. The summed E-state index contributed by atoms with van der Waals surface area (Å²) in [6.07, 6.45) is 4.31. The first-order valence-electron chi connectivity index (χ1n) is 12.9. The Bertz CT molecular complexity index is 1460. The molecule has 0 bridgehead atoms. The van der Waals surface area contributed by atoms with E-state index >= 15 is 0 Å². The highest BCUT2D eigenvalue weighted by Gasteiger charge is 2.10. The third-order valence-electron chi connectivity index (χ3n) is 6.91. The van der Waals surface area contributed by atoms with E-state index in [0.717, 1.165) is 57.6 Å². The molecule has 5 rings (SSSR count). The molecule has 0 spiro atoms. The standard InChI is InChI=1S/C31H32N4O/c32-35-34-22-24-10-8-23(9-11-24)21-33-18-4-20-36-19-2-1-5-25-12-13-28-15-14-26-6-3-7-27-16-17-29(25)31(28)30(26)27/h3,6-17,33H,1-2,4-5,18-22H2. The van der Waals surface area contributed by atoms with Crippen LogP contribution in [0, 0.1) is 0 Å². The van der Waals surface area contributed by atoms with Crippen LogP contribution in [-0.2, 0) is 24.2 Å². The number of nitrogens with zero attached hydrogens (tertiary/aromatic N) is 3. The van der Waals surface area contributed by atoms with Crippen molar-refractivity contribution in [2.75, 3.05) is 19.8 Å². The van der Waals surface area contributed by atoms with Gasteiger partial charge in [-0.2, -0.15) is 0 Å². The fourth-order valence-corrected chi connectivity index (χ4v) is 5.04. The Morgan fingerprint density at radius 2 is 1.42 bits per heavy atom. The summed E-state index contributed by atoms with van der Waals surface area (Å²) in [5.41, 5.74) is 12.1. The molecule has 0 fully saturated rings. The van der Waals surface area contributed by atoms with Crippen LogP contribution < -0.4 is 5.32 Å². The topological polar surface area (TPSA) is 70.0 Å². The molecule has 0 amide bonds. The van der Waals surface area contributed by atoms with Gasteiger partial charge in [0.1, 0.15) is 0 Å². The van der Waals surface area contributed by atoms with Crippen LogP contribution in [0.3, 0.4) is 0 Å². The number of ether oxygens (including phenoxy) is 1. The third-order valence-corrected chi connectivity index (χ3v) is 6.91. The molecule has 0 atom stereocenters. The van der Waals surface area contributed by atoms with Gasteiger partial charge in [-0.3, -0.25) is 0 Å². The number of unbranched alkanes of at least 4 members (excludes halogenated alkanes) is 1. The van der Waals surface area contributed by atoms with Gasteiger partial charge in [-0.05, 0) is 86.8 Å². The number of aryl methyl sites for hydroxylation is 1. The Hall–Kier alpha value is -3.63. The van der Waals surface area contributed by atoms with Crippen LogP contribution in [0.1, 0.15) is 36.0 Å². The Morgan fingerprint density at radius 1 is 0.722 bits per heavy atom. The predicted molar refractivity (Wildman–Crippen MR) is 150 cm³/mol. The van der Waals surface area contributed by atoms with Crippen LogP contribution in [0.25, 0.3) is 42.8 Å². The zero-order chi connectivity index (χ0) is 24.6. The average molecular weight is 477 g/mol. The molecule has 0 aliphatic carbocycles. The highest BCUT2D eigenvalue weighted by molar-refractivity contribution is 6.23. The molecule has 0 radical (unpaired) electrons. The molecule has 0 unspecified atom stereocenters. The lowest BCUT2D eigenvalue weighted by Gasteiger charge is -2.14. The van der Waals surface area contributed by atoms with Gasteiger partial charge >= 0.3 is 0 Å². The average Bonchev–Trinajstić information content (AvgIpc) is 2.92. The van der Waals surface area contributed by atoms with Gasteiger partial charge in [0.2, 0.25) is 0 Å². The lowest BCUT2D eigenvalue weighted by atomic mass is 9.91. The highest BCUT2D eigenvalue weighted by Crippen LogP contribution is 2.36. The normalized spacial score (nSPS) is 11.4. The molecule has 5 heteroatoms. The predicted octanol–water partition coefficient (Wildman–Crippen LogP) is 7.91. The SMILES string of the molecule is [N-]=[N+]=NCc1ccc(CNCCCOCCCCc2ccc3ccc4cccc5ccc2c3c45)cc1. The summed E-state index contributed by atoms with van der Waals surface area (Å²) in [4.78, 5) is 2.79. The minimum Gasteiger partial charge on any atom is -0.381 e. The molecule has 5 aromatic rings. The van der Waals surface area contributed by atoms with Gasteiger partial charge in [0.25, 0.3) is 0 Å². The van der Waals surface area contributed by atoms with E-state index in [0.29, 0.717) is 6.54 Å². The van der Waals surface area contributed by atoms with E-state index in [2.05, 4.69) is 82.1 Å². The number of benzene rings is 5. The molecule has 0 saturated carbocycles. The quantitative estimate of drug-likeness (QED) is 0.0616. The van der Waals surface area contributed by atoms with E-state index in [9.17, 15) is 0 Å². The van der Waals surface area contributed by atoms with E-state index in [1.54, 1.807) is 0 Å². The van der Waals surface area contributed by atoms with Crippen LogP contribution in [0.5, 0.6) is 0 Å². The Morgan fingerprint density at radius 3 is 2.22 bits per heavy atom. The summed E-state index contributed by atoms with van der Waals surface area (Å²) in [6, 6.07) is 28.4. The monoisotopic (exact) mass is 476 g/mol. The molecule has 0 aliphatic rings. The minimum absolute atomic E-state index is 0.403. The van der Waals surface area contributed by atoms with E-state index < -0.39 is 0 Å². The van der Waals surface area contributed by atoms with Crippen molar-refractivity contribution >= 4 is 32.3 Å². The second kappa shape index (κ2) is 11.9. The molecular weight excluding hydrogens is 444 g/mol. The number of azide groups is 1. The number of nitrogens with one attached hydrogen (secondary N) is 1. The van der Waals surface area contributed by atoms with Crippen LogP contribution in [0.2, 0.25) is 0 Å². The summed E-state index contributed by atoms with van der Waals surface area (Å²) in [7, 11) is 0. The van der Waals surface area contributed by atoms with Crippen molar-refractivity contribution in [3.05, 3.63) is 106 Å². The van der Waals surface area contributed by atoms with E-state index in [1.807, 2.05) is 12.1 Å². The summed E-state index contributed by atoms with van der Waals surface area (Å²) in [6.45, 7) is 3.78. The van der Waals surface area contributed by atoms with Crippen LogP contribution in [-0.4, -0.2) is 19.8 Å². The maximum atomic E-state index is 8.39. The van der Waals surface area contributed by atoms with E-state index in [-0.39, 0.29) is 0 Å². The van der Waals surface area contributed by atoms with Crippen molar-refractivity contribution in [3.8, 4) is 0 Å². The summed E-state index contributed by atoms with van der Waals surface area (Å²) in [5.74, 6) is 0. The number of hydrogen-bond donors (Lipinski definition) is 1. The van der Waals surface area contributed by atoms with Gasteiger partial charge in [0.15, 0.2) is 0 Å². The highest BCUT2D eigenvalue weighted by atomic mass is 16.5.